The number of halogens is 1. The van der Waals surface area contributed by atoms with Crippen LogP contribution in [0.3, 0.4) is 0 Å². The van der Waals surface area contributed by atoms with Crippen molar-refractivity contribution in [3.63, 3.8) is 0 Å². The molecule has 0 bridgehead atoms. The summed E-state index contributed by atoms with van der Waals surface area (Å²) in [6, 6.07) is 4.58. The Hall–Kier alpha value is -2.02. The van der Waals surface area contributed by atoms with Gasteiger partial charge in [-0.15, -0.1) is 0 Å². The van der Waals surface area contributed by atoms with Crippen molar-refractivity contribution in [2.45, 2.75) is 19.8 Å². The van der Waals surface area contributed by atoms with Crippen LogP contribution in [0.5, 0.6) is 5.75 Å². The van der Waals surface area contributed by atoms with Gasteiger partial charge in [0.1, 0.15) is 18.2 Å². The number of likely N-dealkylation sites (N-methyl/N-ethyl adjacent to an activating group) is 1. The van der Waals surface area contributed by atoms with Gasteiger partial charge in [-0.05, 0) is 25.6 Å². The van der Waals surface area contributed by atoms with Gasteiger partial charge in [-0.2, -0.15) is 0 Å². The molecule has 6 nitrogen and oxygen atoms in total. The van der Waals surface area contributed by atoms with Gasteiger partial charge in [0.05, 0.1) is 12.3 Å². The maximum Gasteiger partial charge on any atom is 0.409 e. The predicted molar refractivity (Wildman–Crippen MR) is 95.9 cm³/mol. The number of benzene rings is 1. The van der Waals surface area contributed by atoms with Gasteiger partial charge in [0.15, 0.2) is 0 Å². The molecule has 1 aliphatic rings. The molecule has 0 radical (unpaired) electrons. The van der Waals surface area contributed by atoms with E-state index in [0.29, 0.717) is 51.7 Å². The van der Waals surface area contributed by atoms with Crippen LogP contribution < -0.4 is 15.0 Å². The van der Waals surface area contributed by atoms with Crippen molar-refractivity contribution >= 4 is 11.8 Å². The van der Waals surface area contributed by atoms with Crippen LogP contribution in [0.25, 0.3) is 0 Å². The molecule has 1 heterocycles. The lowest BCUT2D eigenvalue weighted by Crippen LogP contribution is -2.49. The van der Waals surface area contributed by atoms with Crippen LogP contribution in [0.2, 0.25) is 0 Å². The van der Waals surface area contributed by atoms with Crippen LogP contribution in [0.1, 0.15) is 19.8 Å². The van der Waals surface area contributed by atoms with Crippen molar-refractivity contribution in [2.24, 2.45) is 0 Å². The van der Waals surface area contributed by atoms with Crippen LogP contribution in [0.15, 0.2) is 18.2 Å². The molecule has 7 heteroatoms. The number of hydrogen-bond acceptors (Lipinski definition) is 5. The molecule has 25 heavy (non-hydrogen) atoms. The van der Waals surface area contributed by atoms with Gasteiger partial charge < -0.3 is 24.6 Å². The maximum atomic E-state index is 13.6. The smallest absolute Gasteiger partial charge is 0.409 e. The fraction of sp³-hybridized carbons (Fsp3) is 0.611. The molecule has 1 aliphatic heterocycles. The first-order valence-corrected chi connectivity index (χ1v) is 8.89. The minimum absolute atomic E-state index is 0.252. The number of amides is 1. The number of nitrogens with zero attached hydrogens (tertiary/aromatic N) is 2. The number of nitrogens with one attached hydrogen (secondary N) is 1. The van der Waals surface area contributed by atoms with Gasteiger partial charge in [-0.1, -0.05) is 13.3 Å². The van der Waals surface area contributed by atoms with Crippen molar-refractivity contribution in [3.8, 4) is 5.75 Å². The molecule has 0 spiro atoms. The highest BCUT2D eigenvalue weighted by molar-refractivity contribution is 5.68. The molecular formula is C18H28FN3O3. The van der Waals surface area contributed by atoms with Gasteiger partial charge in [0.25, 0.3) is 0 Å². The number of carbonyl (C=O) groups is 1. The lowest BCUT2D eigenvalue weighted by Gasteiger charge is -2.36. The fourth-order valence-electron chi connectivity index (χ4n) is 2.65. The molecule has 1 aromatic carbocycles. The second-order valence-corrected chi connectivity index (χ2v) is 6.01. The van der Waals surface area contributed by atoms with E-state index in [4.69, 9.17) is 9.47 Å². The number of piperazine rings is 1. The number of rotatable bonds is 8. The van der Waals surface area contributed by atoms with E-state index >= 15 is 0 Å². The predicted octanol–water partition coefficient (Wildman–Crippen LogP) is 2.48. The Morgan fingerprint density at radius 3 is 2.68 bits per heavy atom. The Labute approximate surface area is 148 Å². The number of ether oxygens (including phenoxy) is 2. The number of hydrogen-bond donors (Lipinski definition) is 1. The zero-order valence-electron chi connectivity index (χ0n) is 15.1. The highest BCUT2D eigenvalue weighted by Crippen LogP contribution is 2.30. The quantitative estimate of drug-likeness (QED) is 0.728. The standard InChI is InChI=1S/C18H28FN3O3/c1-3-4-12-25-18(23)22-10-8-21(9-11-22)16-6-5-15(19)14-17(16)24-13-7-20-2/h5-6,14,20H,3-4,7-13H2,1-2H3. The molecule has 0 unspecified atom stereocenters. The third kappa shape index (κ3) is 5.77. The lowest BCUT2D eigenvalue weighted by molar-refractivity contribution is 0.0989. The van der Waals surface area contributed by atoms with Crippen molar-refractivity contribution in [1.82, 2.24) is 10.2 Å². The van der Waals surface area contributed by atoms with Crippen LogP contribution in [0, 0.1) is 5.82 Å². The molecule has 1 N–H and O–H groups in total. The van der Waals surface area contributed by atoms with Crippen molar-refractivity contribution < 1.29 is 18.7 Å². The van der Waals surface area contributed by atoms with E-state index in [1.54, 1.807) is 11.0 Å². The lowest BCUT2D eigenvalue weighted by atomic mass is 10.2. The number of unbranched alkanes of at least 4 members (excludes halogenated alkanes) is 1. The summed E-state index contributed by atoms with van der Waals surface area (Å²) < 4.78 is 24.5. The Bertz CT molecular complexity index is 548. The van der Waals surface area contributed by atoms with Gasteiger partial charge in [-0.25, -0.2) is 9.18 Å². The fourth-order valence-corrected chi connectivity index (χ4v) is 2.65. The third-order valence-corrected chi connectivity index (χ3v) is 4.13. The van der Waals surface area contributed by atoms with E-state index < -0.39 is 0 Å². The molecule has 1 fully saturated rings. The van der Waals surface area contributed by atoms with E-state index in [9.17, 15) is 9.18 Å². The zero-order valence-corrected chi connectivity index (χ0v) is 15.1. The Morgan fingerprint density at radius 2 is 2.00 bits per heavy atom. The highest BCUT2D eigenvalue weighted by atomic mass is 19.1. The van der Waals surface area contributed by atoms with Gasteiger partial charge in [-0.3, -0.25) is 0 Å². The number of carbonyl (C=O) groups excluding carboxylic acids is 1. The first kappa shape index (κ1) is 19.3. The Morgan fingerprint density at radius 1 is 1.24 bits per heavy atom. The van der Waals surface area contributed by atoms with Crippen molar-refractivity contribution in [3.05, 3.63) is 24.0 Å². The van der Waals surface area contributed by atoms with Crippen molar-refractivity contribution in [2.75, 3.05) is 57.9 Å². The van der Waals surface area contributed by atoms with E-state index in [-0.39, 0.29) is 11.9 Å². The summed E-state index contributed by atoms with van der Waals surface area (Å²) in [4.78, 5) is 15.8. The minimum atomic E-state index is -0.318. The normalized spacial score (nSPS) is 14.5. The second-order valence-electron chi connectivity index (χ2n) is 6.01. The summed E-state index contributed by atoms with van der Waals surface area (Å²) >= 11 is 0. The van der Waals surface area contributed by atoms with E-state index in [1.807, 2.05) is 7.05 Å². The molecule has 140 valence electrons. The average molecular weight is 353 g/mol. The third-order valence-electron chi connectivity index (χ3n) is 4.13. The summed E-state index contributed by atoms with van der Waals surface area (Å²) in [5.74, 6) is 0.218. The molecule has 1 amide bonds. The highest BCUT2D eigenvalue weighted by Gasteiger charge is 2.24. The van der Waals surface area contributed by atoms with Crippen LogP contribution >= 0.6 is 0 Å². The van der Waals surface area contributed by atoms with E-state index in [2.05, 4.69) is 17.1 Å². The largest absolute Gasteiger partial charge is 0.490 e. The monoisotopic (exact) mass is 353 g/mol. The average Bonchev–Trinajstić information content (AvgIpc) is 2.62. The van der Waals surface area contributed by atoms with Crippen LogP contribution in [-0.4, -0.2) is 64.0 Å². The molecule has 1 saturated heterocycles. The van der Waals surface area contributed by atoms with Crippen LogP contribution in [-0.2, 0) is 4.74 Å². The second kappa shape index (κ2) is 10.1. The van der Waals surface area contributed by atoms with Gasteiger partial charge in [0, 0.05) is 38.8 Å². The summed E-state index contributed by atoms with van der Waals surface area (Å²) in [7, 11) is 1.84. The first-order chi connectivity index (χ1) is 12.2. The number of anilines is 1. The molecule has 0 saturated carbocycles. The summed E-state index contributed by atoms with van der Waals surface area (Å²) in [5, 5.41) is 3.00. The minimum Gasteiger partial charge on any atom is -0.490 e. The summed E-state index contributed by atoms with van der Waals surface area (Å²) in [5.41, 5.74) is 0.858. The molecule has 0 atom stereocenters. The summed E-state index contributed by atoms with van der Waals surface area (Å²) in [6.45, 7) is 6.18. The molecule has 2 rings (SSSR count). The van der Waals surface area contributed by atoms with Gasteiger partial charge >= 0.3 is 6.09 Å². The molecule has 0 aliphatic carbocycles. The molecule has 0 aromatic heterocycles. The first-order valence-electron chi connectivity index (χ1n) is 8.89. The van der Waals surface area contributed by atoms with Crippen LogP contribution in [0.4, 0.5) is 14.9 Å². The van der Waals surface area contributed by atoms with E-state index in [0.717, 1.165) is 18.5 Å². The molecule has 1 aromatic rings. The molecular weight excluding hydrogens is 325 g/mol. The SMILES string of the molecule is CCCCOC(=O)N1CCN(c2ccc(F)cc2OCCNC)CC1. The van der Waals surface area contributed by atoms with Crippen molar-refractivity contribution in [1.29, 1.82) is 0 Å². The summed E-state index contributed by atoms with van der Waals surface area (Å²) in [6.07, 6.45) is 1.63. The van der Waals surface area contributed by atoms with Gasteiger partial charge in [0.2, 0.25) is 0 Å². The topological polar surface area (TPSA) is 54.0 Å². The Kier molecular flexibility index (Phi) is 7.78. The van der Waals surface area contributed by atoms with E-state index in [1.165, 1.54) is 12.1 Å². The Balaban J connectivity index is 1.92. The zero-order chi connectivity index (χ0) is 18.1. The maximum absolute atomic E-state index is 13.6.